The first kappa shape index (κ1) is 13.3. The number of aromatic nitrogens is 3. The first-order chi connectivity index (χ1) is 8.97. The largest absolute Gasteiger partial charge is 0.481 e. The van der Waals surface area contributed by atoms with Gasteiger partial charge in [-0.2, -0.15) is 0 Å². The van der Waals surface area contributed by atoms with Crippen molar-refractivity contribution in [3.05, 3.63) is 23.8 Å². The third-order valence-corrected chi connectivity index (χ3v) is 2.97. The van der Waals surface area contributed by atoms with Gasteiger partial charge in [-0.3, -0.25) is 14.7 Å². The highest BCUT2D eigenvalue weighted by Crippen LogP contribution is 2.18. The molecule has 2 unspecified atom stereocenters. The van der Waals surface area contributed by atoms with E-state index in [1.165, 1.54) is 0 Å². The lowest BCUT2D eigenvalue weighted by atomic mass is 10.1. The lowest BCUT2D eigenvalue weighted by molar-refractivity contribution is -0.140. The van der Waals surface area contributed by atoms with Gasteiger partial charge in [0.2, 0.25) is 5.82 Å². The summed E-state index contributed by atoms with van der Waals surface area (Å²) in [5.74, 6) is -0.927. The Morgan fingerprint density at radius 2 is 2.21 bits per heavy atom. The van der Waals surface area contributed by atoms with Crippen LogP contribution in [0, 0.1) is 5.92 Å². The maximum Gasteiger partial charge on any atom is 0.310 e. The lowest BCUT2D eigenvalue weighted by Crippen LogP contribution is -2.34. The van der Waals surface area contributed by atoms with Gasteiger partial charge in [-0.25, -0.2) is 4.98 Å². The molecule has 1 aromatic heterocycles. The normalized spacial score (nSPS) is 21.8. The summed E-state index contributed by atoms with van der Waals surface area (Å²) in [5.41, 5.74) is 0. The Kier molecular flexibility index (Phi) is 3.64. The molecule has 1 heterocycles. The zero-order chi connectivity index (χ0) is 14.0. The predicted molar refractivity (Wildman–Crippen MR) is 66.6 cm³/mol. The van der Waals surface area contributed by atoms with Crippen molar-refractivity contribution in [3.8, 4) is 0 Å². The molecule has 0 radical (unpaired) electrons. The molecule has 0 aliphatic heterocycles. The minimum atomic E-state index is -0.881. The van der Waals surface area contributed by atoms with E-state index < -0.39 is 17.8 Å². The third kappa shape index (κ3) is 2.98. The zero-order valence-corrected chi connectivity index (χ0v) is 10.8. The number of carboxylic acids is 1. The highest BCUT2D eigenvalue weighted by Gasteiger charge is 2.26. The monoisotopic (exact) mass is 264 g/mol. The van der Waals surface area contributed by atoms with Gasteiger partial charge in [-0.1, -0.05) is 26.0 Å². The quantitative estimate of drug-likeness (QED) is 0.693. The van der Waals surface area contributed by atoms with Gasteiger partial charge in [0.15, 0.2) is 0 Å². The molecule has 7 nitrogen and oxygen atoms in total. The van der Waals surface area contributed by atoms with Crippen LogP contribution < -0.4 is 5.32 Å². The molecule has 0 bridgehead atoms. The number of hydrogen-bond donors (Lipinski definition) is 3. The summed E-state index contributed by atoms with van der Waals surface area (Å²) in [5, 5.41) is 18.1. The highest BCUT2D eigenvalue weighted by atomic mass is 16.4. The summed E-state index contributed by atoms with van der Waals surface area (Å²) >= 11 is 0. The molecule has 0 aromatic carbocycles. The van der Waals surface area contributed by atoms with Crippen molar-refractivity contribution >= 4 is 11.9 Å². The first-order valence-corrected chi connectivity index (χ1v) is 6.11. The van der Waals surface area contributed by atoms with Crippen LogP contribution in [-0.4, -0.2) is 38.2 Å². The van der Waals surface area contributed by atoms with Crippen molar-refractivity contribution in [2.45, 2.75) is 32.2 Å². The third-order valence-electron chi connectivity index (χ3n) is 2.97. The van der Waals surface area contributed by atoms with E-state index in [0.29, 0.717) is 12.2 Å². The molecule has 1 amide bonds. The predicted octanol–water partition coefficient (Wildman–Crippen LogP) is 0.687. The molecule has 0 saturated carbocycles. The van der Waals surface area contributed by atoms with Crippen molar-refractivity contribution in [1.82, 2.24) is 20.5 Å². The van der Waals surface area contributed by atoms with E-state index in [1.807, 2.05) is 13.8 Å². The second kappa shape index (κ2) is 5.21. The Morgan fingerprint density at radius 3 is 2.74 bits per heavy atom. The minimum absolute atomic E-state index is 0.0795. The molecule has 1 aliphatic carbocycles. The van der Waals surface area contributed by atoms with E-state index in [2.05, 4.69) is 20.5 Å². The molecule has 7 heteroatoms. The molecule has 1 aliphatic rings. The van der Waals surface area contributed by atoms with Crippen LogP contribution in [0.2, 0.25) is 0 Å². The molecule has 1 aromatic rings. The van der Waals surface area contributed by atoms with Crippen LogP contribution in [0.25, 0.3) is 0 Å². The van der Waals surface area contributed by atoms with Gasteiger partial charge in [-0.05, 0) is 6.42 Å². The summed E-state index contributed by atoms with van der Waals surface area (Å²) in [4.78, 5) is 26.7. The Morgan fingerprint density at radius 1 is 1.47 bits per heavy atom. The maximum absolute atomic E-state index is 11.9. The molecule has 3 N–H and O–H groups in total. The van der Waals surface area contributed by atoms with Crippen LogP contribution in [-0.2, 0) is 4.79 Å². The molecule has 2 rings (SSSR count). The number of aromatic amines is 1. The Hall–Kier alpha value is -2.18. The van der Waals surface area contributed by atoms with Gasteiger partial charge in [-0.15, -0.1) is 5.10 Å². The van der Waals surface area contributed by atoms with Crippen LogP contribution in [0.3, 0.4) is 0 Å². The number of hydrogen-bond acceptors (Lipinski definition) is 4. The van der Waals surface area contributed by atoms with Crippen LogP contribution in [0.15, 0.2) is 12.2 Å². The second-order valence-corrected chi connectivity index (χ2v) is 4.84. The van der Waals surface area contributed by atoms with E-state index >= 15 is 0 Å². The van der Waals surface area contributed by atoms with E-state index in [4.69, 9.17) is 5.11 Å². The van der Waals surface area contributed by atoms with Crippen LogP contribution in [0.5, 0.6) is 0 Å². The molecule has 0 fully saturated rings. The van der Waals surface area contributed by atoms with Crippen molar-refractivity contribution in [3.63, 3.8) is 0 Å². The number of carbonyl (C=O) groups excluding carboxylic acids is 1. The Balaban J connectivity index is 1.95. The maximum atomic E-state index is 11.9. The minimum Gasteiger partial charge on any atom is -0.481 e. The zero-order valence-electron chi connectivity index (χ0n) is 10.8. The topological polar surface area (TPSA) is 108 Å². The SMILES string of the molecule is CC(C)c1nc(C(=O)NC2C=CC(C(=O)O)C2)n[nH]1. The molecular formula is C12H16N4O3. The van der Waals surface area contributed by atoms with Gasteiger partial charge >= 0.3 is 5.97 Å². The number of rotatable bonds is 4. The molecule has 0 saturated heterocycles. The number of nitrogens with one attached hydrogen (secondary N) is 2. The van der Waals surface area contributed by atoms with Crippen molar-refractivity contribution in [2.75, 3.05) is 0 Å². The van der Waals surface area contributed by atoms with Crippen LogP contribution in [0.4, 0.5) is 0 Å². The standard InChI is InChI=1S/C12H16N4O3/c1-6(2)9-14-10(16-15-9)11(17)13-8-4-3-7(5-8)12(18)19/h3-4,6-8H,5H2,1-2H3,(H,13,17)(H,18,19)(H,14,15,16). The summed E-state index contributed by atoms with van der Waals surface area (Å²) < 4.78 is 0. The fourth-order valence-corrected chi connectivity index (χ4v) is 1.86. The van der Waals surface area contributed by atoms with Crippen molar-refractivity contribution in [1.29, 1.82) is 0 Å². The van der Waals surface area contributed by atoms with E-state index in [0.717, 1.165) is 0 Å². The summed E-state index contributed by atoms with van der Waals surface area (Å²) in [7, 11) is 0. The number of carbonyl (C=O) groups is 2. The number of carboxylic acid groups (broad SMARTS) is 1. The van der Waals surface area contributed by atoms with Gasteiger partial charge in [0.25, 0.3) is 5.91 Å². The fraction of sp³-hybridized carbons (Fsp3) is 0.500. The number of H-pyrrole nitrogens is 1. The van der Waals surface area contributed by atoms with Crippen molar-refractivity contribution in [2.24, 2.45) is 5.92 Å². The van der Waals surface area contributed by atoms with Gasteiger partial charge < -0.3 is 10.4 Å². The summed E-state index contributed by atoms with van der Waals surface area (Å²) in [6, 6.07) is -0.283. The lowest BCUT2D eigenvalue weighted by Gasteiger charge is -2.10. The summed E-state index contributed by atoms with van der Waals surface area (Å²) in [6.45, 7) is 3.89. The number of amides is 1. The molecule has 0 spiro atoms. The summed E-state index contributed by atoms with van der Waals surface area (Å²) in [6.07, 6.45) is 3.64. The van der Waals surface area contributed by atoms with Crippen LogP contribution in [0.1, 0.15) is 42.6 Å². The molecule has 19 heavy (non-hydrogen) atoms. The van der Waals surface area contributed by atoms with Crippen molar-refractivity contribution < 1.29 is 14.7 Å². The fourth-order valence-electron chi connectivity index (χ4n) is 1.86. The van der Waals surface area contributed by atoms with E-state index in [1.54, 1.807) is 12.2 Å². The van der Waals surface area contributed by atoms with Gasteiger partial charge in [0.1, 0.15) is 5.82 Å². The highest BCUT2D eigenvalue weighted by molar-refractivity contribution is 5.90. The second-order valence-electron chi connectivity index (χ2n) is 4.84. The van der Waals surface area contributed by atoms with E-state index in [-0.39, 0.29) is 17.8 Å². The number of nitrogens with zero attached hydrogens (tertiary/aromatic N) is 2. The Labute approximate surface area is 110 Å². The van der Waals surface area contributed by atoms with Gasteiger partial charge in [0.05, 0.1) is 5.92 Å². The molecule has 2 atom stereocenters. The van der Waals surface area contributed by atoms with Crippen LogP contribution >= 0.6 is 0 Å². The average molecular weight is 264 g/mol. The average Bonchev–Trinajstić information content (AvgIpc) is 2.96. The van der Waals surface area contributed by atoms with Gasteiger partial charge in [0, 0.05) is 12.0 Å². The van der Waals surface area contributed by atoms with E-state index in [9.17, 15) is 9.59 Å². The molecule has 102 valence electrons. The molecular weight excluding hydrogens is 248 g/mol. The number of aliphatic carboxylic acids is 1. The first-order valence-electron chi connectivity index (χ1n) is 6.11. The Bertz CT molecular complexity index is 521. The smallest absolute Gasteiger partial charge is 0.310 e.